The Hall–Kier alpha value is -1.99. The maximum absolute atomic E-state index is 11.9. The van der Waals surface area contributed by atoms with Gasteiger partial charge in [-0.2, -0.15) is 0 Å². The minimum Gasteiger partial charge on any atom is -0.308 e. The molecule has 22 heavy (non-hydrogen) atoms. The number of urea groups is 1. The summed E-state index contributed by atoms with van der Waals surface area (Å²) in [5.74, 6) is 0.488. The molecule has 2 aromatic carbocycles. The van der Waals surface area contributed by atoms with Crippen molar-refractivity contribution in [3.8, 4) is 0 Å². The molecule has 116 valence electrons. The van der Waals surface area contributed by atoms with Crippen LogP contribution in [0, 0.1) is 0 Å². The van der Waals surface area contributed by atoms with Crippen LogP contribution in [0.15, 0.2) is 59.5 Å². The molecule has 0 aliphatic carbocycles. The highest BCUT2D eigenvalue weighted by molar-refractivity contribution is 8.72. The lowest BCUT2D eigenvalue weighted by Crippen LogP contribution is -2.19. The maximum atomic E-state index is 11.9. The first-order valence-corrected chi connectivity index (χ1v) is 9.62. The van der Waals surface area contributed by atoms with Gasteiger partial charge < -0.3 is 10.6 Å². The average Bonchev–Trinajstić information content (AvgIpc) is 2.48. The van der Waals surface area contributed by atoms with Crippen LogP contribution in [0.1, 0.15) is 6.92 Å². The van der Waals surface area contributed by atoms with E-state index in [9.17, 15) is 13.2 Å². The molecule has 0 unspecified atom stereocenters. The minimum absolute atomic E-state index is 0.230. The molecule has 2 rings (SSSR count). The summed E-state index contributed by atoms with van der Waals surface area (Å²) in [6.45, 7) is 1.78. The van der Waals surface area contributed by atoms with Gasteiger partial charge >= 0.3 is 6.03 Å². The van der Waals surface area contributed by atoms with Crippen molar-refractivity contribution in [1.82, 2.24) is 0 Å². The standard InChI is InChI=1S/C15H16N2O3S2/c1-2-21-22(19,20)14-10-8-13(9-11-14)17-15(18)16-12-6-4-3-5-7-12/h3-11H,2H2,1H3,(H2,16,17,18). The van der Waals surface area contributed by atoms with Gasteiger partial charge in [0.1, 0.15) is 0 Å². The normalized spacial score (nSPS) is 11.0. The van der Waals surface area contributed by atoms with E-state index in [4.69, 9.17) is 0 Å². The molecule has 0 saturated carbocycles. The van der Waals surface area contributed by atoms with E-state index < -0.39 is 8.87 Å². The van der Waals surface area contributed by atoms with Gasteiger partial charge in [-0.15, -0.1) is 0 Å². The first kappa shape index (κ1) is 16.4. The summed E-state index contributed by atoms with van der Waals surface area (Å²) >= 11 is 0. The summed E-state index contributed by atoms with van der Waals surface area (Å²) in [5.41, 5.74) is 1.20. The highest BCUT2D eigenvalue weighted by Crippen LogP contribution is 2.24. The van der Waals surface area contributed by atoms with Gasteiger partial charge in [-0.05, 0) is 47.2 Å². The lowest BCUT2D eigenvalue weighted by molar-refractivity contribution is 0.262. The van der Waals surface area contributed by atoms with Crippen molar-refractivity contribution < 1.29 is 13.2 Å². The molecule has 2 N–H and O–H groups in total. The molecule has 0 spiro atoms. The molecular weight excluding hydrogens is 320 g/mol. The van der Waals surface area contributed by atoms with Gasteiger partial charge in [0, 0.05) is 17.1 Å². The number of hydrogen-bond acceptors (Lipinski definition) is 4. The van der Waals surface area contributed by atoms with Crippen LogP contribution in [0.3, 0.4) is 0 Å². The van der Waals surface area contributed by atoms with E-state index in [-0.39, 0.29) is 10.9 Å². The second-order valence-corrected chi connectivity index (χ2v) is 8.55. The van der Waals surface area contributed by atoms with Gasteiger partial charge in [0.15, 0.2) is 0 Å². The number of amides is 2. The van der Waals surface area contributed by atoms with Crippen molar-refractivity contribution in [3.63, 3.8) is 0 Å². The third kappa shape index (κ3) is 4.51. The third-order valence-corrected chi connectivity index (χ3v) is 6.32. The van der Waals surface area contributed by atoms with Gasteiger partial charge in [0.05, 0.1) is 4.90 Å². The summed E-state index contributed by atoms with van der Waals surface area (Å²) < 4.78 is 23.7. The zero-order valence-electron chi connectivity index (χ0n) is 11.9. The number of anilines is 2. The van der Waals surface area contributed by atoms with Gasteiger partial charge in [-0.25, -0.2) is 13.2 Å². The largest absolute Gasteiger partial charge is 0.323 e. The van der Waals surface area contributed by atoms with Crippen LogP contribution < -0.4 is 10.6 Å². The van der Waals surface area contributed by atoms with Crippen molar-refractivity contribution in [2.75, 3.05) is 16.4 Å². The molecule has 2 aromatic rings. The van der Waals surface area contributed by atoms with Gasteiger partial charge in [0.25, 0.3) is 0 Å². The van der Waals surface area contributed by atoms with Gasteiger partial charge in [0.2, 0.25) is 8.87 Å². The molecule has 0 radical (unpaired) electrons. The number of nitrogens with one attached hydrogen (secondary N) is 2. The number of carbonyl (C=O) groups excluding carboxylic acids is 1. The summed E-state index contributed by atoms with van der Waals surface area (Å²) in [6.07, 6.45) is 0. The molecule has 2 amide bonds. The highest BCUT2D eigenvalue weighted by atomic mass is 33.1. The van der Waals surface area contributed by atoms with Gasteiger partial charge in [-0.1, -0.05) is 25.1 Å². The highest BCUT2D eigenvalue weighted by Gasteiger charge is 2.13. The molecule has 0 atom stereocenters. The van der Waals surface area contributed by atoms with Gasteiger partial charge in [-0.3, -0.25) is 0 Å². The van der Waals surface area contributed by atoms with E-state index in [1.165, 1.54) is 12.1 Å². The Bertz CT molecular complexity index is 729. The van der Waals surface area contributed by atoms with E-state index in [2.05, 4.69) is 10.6 Å². The Morgan fingerprint density at radius 3 is 2.05 bits per heavy atom. The summed E-state index contributed by atoms with van der Waals surface area (Å²) in [6, 6.07) is 14.8. The SMILES string of the molecule is CCSS(=O)(=O)c1ccc(NC(=O)Nc2ccccc2)cc1. The van der Waals surface area contributed by atoms with Crippen LogP contribution in [-0.4, -0.2) is 20.2 Å². The van der Waals surface area contributed by atoms with Crippen molar-refractivity contribution in [2.24, 2.45) is 0 Å². The number of para-hydroxylation sites is 1. The second-order valence-electron chi connectivity index (χ2n) is 4.33. The van der Waals surface area contributed by atoms with Crippen LogP contribution in [-0.2, 0) is 8.87 Å². The number of hydrogen-bond donors (Lipinski definition) is 2. The van der Waals surface area contributed by atoms with Crippen LogP contribution in [0.2, 0.25) is 0 Å². The number of benzene rings is 2. The maximum Gasteiger partial charge on any atom is 0.323 e. The molecule has 0 saturated heterocycles. The van der Waals surface area contributed by atoms with Crippen molar-refractivity contribution in [3.05, 3.63) is 54.6 Å². The molecule has 7 heteroatoms. The first-order valence-electron chi connectivity index (χ1n) is 6.64. The predicted molar refractivity (Wildman–Crippen MR) is 90.8 cm³/mol. The van der Waals surface area contributed by atoms with Crippen LogP contribution in [0.25, 0.3) is 0 Å². The van der Waals surface area contributed by atoms with E-state index in [0.717, 1.165) is 10.8 Å². The Kier molecular flexibility index (Phi) is 5.46. The Morgan fingerprint density at radius 1 is 0.955 bits per heavy atom. The number of rotatable bonds is 5. The smallest absolute Gasteiger partial charge is 0.308 e. The summed E-state index contributed by atoms with van der Waals surface area (Å²) in [7, 11) is -2.44. The molecular formula is C15H16N2O3S2. The third-order valence-electron chi connectivity index (χ3n) is 2.71. The number of carbonyl (C=O) groups is 1. The van der Waals surface area contributed by atoms with E-state index in [1.807, 2.05) is 18.2 Å². The van der Waals surface area contributed by atoms with Crippen molar-refractivity contribution >= 4 is 37.1 Å². The topological polar surface area (TPSA) is 75.3 Å². The molecule has 0 bridgehead atoms. The molecule has 0 aliphatic heterocycles. The van der Waals surface area contributed by atoms with Crippen LogP contribution in [0.4, 0.5) is 16.2 Å². The quantitative estimate of drug-likeness (QED) is 0.815. The van der Waals surface area contributed by atoms with E-state index >= 15 is 0 Å². The monoisotopic (exact) mass is 336 g/mol. The summed E-state index contributed by atoms with van der Waals surface area (Å²) in [5, 5.41) is 5.33. The second kappa shape index (κ2) is 7.33. The predicted octanol–water partition coefficient (Wildman–Crippen LogP) is 3.77. The van der Waals surface area contributed by atoms with E-state index in [1.54, 1.807) is 31.2 Å². The Labute approximate surface area is 133 Å². The fourth-order valence-corrected chi connectivity index (χ4v) is 4.33. The van der Waals surface area contributed by atoms with Crippen LogP contribution in [0.5, 0.6) is 0 Å². The first-order chi connectivity index (χ1) is 10.5. The lowest BCUT2D eigenvalue weighted by Gasteiger charge is -2.08. The van der Waals surface area contributed by atoms with Crippen molar-refractivity contribution in [1.29, 1.82) is 0 Å². The fraction of sp³-hybridized carbons (Fsp3) is 0.133. The average molecular weight is 336 g/mol. The summed E-state index contributed by atoms with van der Waals surface area (Å²) in [4.78, 5) is 12.1. The van der Waals surface area contributed by atoms with Crippen LogP contribution >= 0.6 is 10.8 Å². The zero-order chi connectivity index (χ0) is 16.0. The molecule has 0 aromatic heterocycles. The lowest BCUT2D eigenvalue weighted by atomic mass is 10.3. The van der Waals surface area contributed by atoms with Crippen molar-refractivity contribution in [2.45, 2.75) is 11.8 Å². The molecule has 0 heterocycles. The zero-order valence-corrected chi connectivity index (χ0v) is 13.6. The fourth-order valence-electron chi connectivity index (χ4n) is 1.74. The molecule has 0 fully saturated rings. The Balaban J connectivity index is 2.01. The van der Waals surface area contributed by atoms with E-state index in [0.29, 0.717) is 17.1 Å². The molecule has 5 nitrogen and oxygen atoms in total. The Morgan fingerprint density at radius 2 is 1.50 bits per heavy atom. The minimum atomic E-state index is -3.32. The molecule has 0 aliphatic rings.